The van der Waals surface area contributed by atoms with Crippen LogP contribution in [0.4, 0.5) is 5.69 Å². The Balaban J connectivity index is 1.43. The van der Waals surface area contributed by atoms with Crippen LogP contribution in [0.15, 0.2) is 71.5 Å². The van der Waals surface area contributed by atoms with E-state index in [1.165, 1.54) is 6.07 Å². The second-order valence-corrected chi connectivity index (χ2v) is 8.64. The maximum absolute atomic E-state index is 13.2. The highest BCUT2D eigenvalue weighted by molar-refractivity contribution is 6.04. The molecule has 0 spiro atoms. The number of nitrogens with zero attached hydrogens (tertiary/aromatic N) is 2. The van der Waals surface area contributed by atoms with E-state index < -0.39 is 0 Å². The Bertz CT molecular complexity index is 1250. The number of pyridine rings is 1. The zero-order valence-electron chi connectivity index (χ0n) is 18.4. The first-order valence-corrected chi connectivity index (χ1v) is 11.1. The highest BCUT2D eigenvalue weighted by Crippen LogP contribution is 2.39. The molecule has 0 radical (unpaired) electrons. The third-order valence-electron chi connectivity index (χ3n) is 6.50. The smallest absolute Gasteiger partial charge is 0.255 e. The molecule has 0 saturated carbocycles. The average Bonchev–Trinajstić information content (AvgIpc) is 2.85. The van der Waals surface area contributed by atoms with E-state index in [4.69, 9.17) is 4.74 Å². The lowest BCUT2D eigenvalue weighted by Crippen LogP contribution is -2.49. The fraction of sp³-hybridized carbons (Fsp3) is 0.269. The SMILES string of the molecule is COc1ccc(C(=O)N2C[C@H]3C[C@H](C2)c2c(NC(=O)c4ccccc4)ccc(=O)n2C3)cc1. The summed E-state index contributed by atoms with van der Waals surface area (Å²) >= 11 is 0. The maximum Gasteiger partial charge on any atom is 0.255 e. The predicted octanol–water partition coefficient (Wildman–Crippen LogP) is 3.37. The largest absolute Gasteiger partial charge is 0.497 e. The highest BCUT2D eigenvalue weighted by atomic mass is 16.5. The lowest BCUT2D eigenvalue weighted by atomic mass is 9.82. The van der Waals surface area contributed by atoms with E-state index in [1.54, 1.807) is 54.1 Å². The summed E-state index contributed by atoms with van der Waals surface area (Å²) in [6.07, 6.45) is 0.879. The van der Waals surface area contributed by atoms with Gasteiger partial charge < -0.3 is 19.5 Å². The summed E-state index contributed by atoms with van der Waals surface area (Å²) < 4.78 is 6.96. The number of likely N-dealkylation sites (tertiary alicyclic amines) is 1. The molecule has 1 aromatic heterocycles. The van der Waals surface area contributed by atoms with E-state index >= 15 is 0 Å². The van der Waals surface area contributed by atoms with Gasteiger partial charge in [0.1, 0.15) is 5.75 Å². The van der Waals surface area contributed by atoms with E-state index in [0.29, 0.717) is 42.2 Å². The second-order valence-electron chi connectivity index (χ2n) is 8.64. The topological polar surface area (TPSA) is 80.6 Å². The van der Waals surface area contributed by atoms with Crippen LogP contribution < -0.4 is 15.6 Å². The third kappa shape index (κ3) is 4.02. The molecule has 3 aromatic rings. The Morgan fingerprint density at radius 3 is 2.39 bits per heavy atom. The van der Waals surface area contributed by atoms with E-state index in [0.717, 1.165) is 12.1 Å². The average molecular weight is 444 g/mol. The first-order chi connectivity index (χ1) is 16.0. The molecule has 0 aliphatic carbocycles. The van der Waals surface area contributed by atoms with Crippen molar-refractivity contribution in [2.75, 3.05) is 25.5 Å². The Kier molecular flexibility index (Phi) is 5.46. The molecule has 0 unspecified atom stereocenters. The summed E-state index contributed by atoms with van der Waals surface area (Å²) in [7, 11) is 1.59. The molecule has 33 heavy (non-hydrogen) atoms. The molecule has 2 aromatic carbocycles. The number of benzene rings is 2. The van der Waals surface area contributed by atoms with Gasteiger partial charge in [0.15, 0.2) is 0 Å². The minimum atomic E-state index is -0.221. The van der Waals surface area contributed by atoms with Gasteiger partial charge >= 0.3 is 0 Å². The first kappa shape index (κ1) is 21.0. The summed E-state index contributed by atoms with van der Waals surface area (Å²) in [5.41, 5.74) is 2.52. The van der Waals surface area contributed by atoms with Crippen LogP contribution in [0.2, 0.25) is 0 Å². The Hall–Kier alpha value is -3.87. The molecule has 2 bridgehead atoms. The van der Waals surface area contributed by atoms with Crippen LogP contribution in [0, 0.1) is 5.92 Å². The highest BCUT2D eigenvalue weighted by Gasteiger charge is 2.38. The summed E-state index contributed by atoms with van der Waals surface area (Å²) in [5.74, 6) is 0.611. The van der Waals surface area contributed by atoms with Gasteiger partial charge in [-0.3, -0.25) is 14.4 Å². The molecule has 1 fully saturated rings. The van der Waals surface area contributed by atoms with Gasteiger partial charge in [0.25, 0.3) is 17.4 Å². The van der Waals surface area contributed by atoms with Crippen LogP contribution in [0.3, 0.4) is 0 Å². The lowest BCUT2D eigenvalue weighted by molar-refractivity contribution is 0.0595. The van der Waals surface area contributed by atoms with Crippen LogP contribution in [-0.2, 0) is 6.54 Å². The molecule has 168 valence electrons. The van der Waals surface area contributed by atoms with Crippen LogP contribution in [0.25, 0.3) is 0 Å². The van der Waals surface area contributed by atoms with E-state index in [-0.39, 0.29) is 29.2 Å². The lowest BCUT2D eigenvalue weighted by Gasteiger charge is -2.43. The van der Waals surface area contributed by atoms with Crippen molar-refractivity contribution in [3.8, 4) is 5.75 Å². The van der Waals surface area contributed by atoms with E-state index in [1.807, 2.05) is 23.1 Å². The van der Waals surface area contributed by atoms with Crippen molar-refractivity contribution >= 4 is 17.5 Å². The molecule has 1 N–H and O–H groups in total. The van der Waals surface area contributed by atoms with Gasteiger partial charge in [-0.1, -0.05) is 18.2 Å². The maximum atomic E-state index is 13.2. The van der Waals surface area contributed by atoms with Crippen LogP contribution in [0.5, 0.6) is 5.75 Å². The van der Waals surface area contributed by atoms with Crippen molar-refractivity contribution in [1.29, 1.82) is 0 Å². The van der Waals surface area contributed by atoms with Gasteiger partial charge in [-0.2, -0.15) is 0 Å². The first-order valence-electron chi connectivity index (χ1n) is 11.1. The van der Waals surface area contributed by atoms with Crippen LogP contribution in [0.1, 0.15) is 38.7 Å². The van der Waals surface area contributed by atoms with Crippen molar-refractivity contribution < 1.29 is 14.3 Å². The van der Waals surface area contributed by atoms with Crippen molar-refractivity contribution in [1.82, 2.24) is 9.47 Å². The molecule has 7 heteroatoms. The zero-order chi connectivity index (χ0) is 22.9. The molecule has 2 atom stereocenters. The summed E-state index contributed by atoms with van der Waals surface area (Å²) in [4.78, 5) is 40.5. The number of methoxy groups -OCH3 is 1. The minimum Gasteiger partial charge on any atom is -0.497 e. The van der Waals surface area contributed by atoms with Gasteiger partial charge in [0.2, 0.25) is 0 Å². The van der Waals surface area contributed by atoms with Crippen molar-refractivity contribution in [2.24, 2.45) is 5.92 Å². The Morgan fingerprint density at radius 2 is 1.67 bits per heavy atom. The van der Waals surface area contributed by atoms with E-state index in [9.17, 15) is 14.4 Å². The molecule has 2 amide bonds. The molecule has 5 rings (SSSR count). The van der Waals surface area contributed by atoms with Gasteiger partial charge in [-0.25, -0.2) is 0 Å². The third-order valence-corrected chi connectivity index (χ3v) is 6.50. The Labute approximate surface area is 191 Å². The number of nitrogens with one attached hydrogen (secondary N) is 1. The molecule has 2 aliphatic heterocycles. The number of carbonyl (C=O) groups excluding carboxylic acids is 2. The normalized spacial score (nSPS) is 18.9. The van der Waals surface area contributed by atoms with E-state index in [2.05, 4.69) is 5.32 Å². The number of aromatic nitrogens is 1. The predicted molar refractivity (Wildman–Crippen MR) is 125 cm³/mol. The fourth-order valence-corrected chi connectivity index (χ4v) is 4.99. The molecular formula is C26H25N3O4. The summed E-state index contributed by atoms with van der Waals surface area (Å²) in [6, 6.07) is 19.3. The zero-order valence-corrected chi connectivity index (χ0v) is 18.4. The second kappa shape index (κ2) is 8.58. The van der Waals surface area contributed by atoms with Gasteiger partial charge in [0, 0.05) is 48.4 Å². The molecule has 2 aliphatic rings. The number of hydrogen-bond acceptors (Lipinski definition) is 4. The van der Waals surface area contributed by atoms with Crippen molar-refractivity contribution in [3.05, 3.63) is 93.9 Å². The van der Waals surface area contributed by atoms with Gasteiger partial charge in [-0.05, 0) is 54.8 Å². The standard InChI is InChI=1S/C26H25N3O4/c1-33-21-9-7-19(8-10-21)26(32)28-14-17-13-20(16-28)24-22(11-12-23(30)29(24)15-17)27-25(31)18-5-3-2-4-6-18/h2-12,17,20H,13-16H2,1H3,(H,27,31)/t17-,20-/m1/s1. The number of carbonyl (C=O) groups is 2. The monoisotopic (exact) mass is 443 g/mol. The number of hydrogen-bond donors (Lipinski definition) is 1. The quantitative estimate of drug-likeness (QED) is 0.671. The number of anilines is 1. The molecule has 3 heterocycles. The minimum absolute atomic E-state index is 0.0281. The number of ether oxygens (including phenoxy) is 1. The molecule has 1 saturated heterocycles. The van der Waals surface area contributed by atoms with Gasteiger partial charge in [-0.15, -0.1) is 0 Å². The molecular weight excluding hydrogens is 418 g/mol. The fourth-order valence-electron chi connectivity index (χ4n) is 4.99. The number of rotatable bonds is 4. The Morgan fingerprint density at radius 1 is 0.909 bits per heavy atom. The number of fused-ring (bicyclic) bond motifs is 4. The van der Waals surface area contributed by atoms with Crippen molar-refractivity contribution in [3.63, 3.8) is 0 Å². The summed E-state index contributed by atoms with van der Waals surface area (Å²) in [6.45, 7) is 1.64. The van der Waals surface area contributed by atoms with Crippen molar-refractivity contribution in [2.45, 2.75) is 18.9 Å². The number of piperidine rings is 1. The van der Waals surface area contributed by atoms with Crippen LogP contribution >= 0.6 is 0 Å². The molecule has 7 nitrogen and oxygen atoms in total. The summed E-state index contributed by atoms with van der Waals surface area (Å²) in [5, 5.41) is 2.99. The van der Waals surface area contributed by atoms with Gasteiger partial charge in [0.05, 0.1) is 12.8 Å². The van der Waals surface area contributed by atoms with Crippen LogP contribution in [-0.4, -0.2) is 41.5 Å². The number of amides is 2.